The molecule has 1 aliphatic rings. The molecule has 0 bridgehead atoms. The Morgan fingerprint density at radius 2 is 2.10 bits per heavy atom. The van der Waals surface area contributed by atoms with Gasteiger partial charge in [-0.15, -0.1) is 11.3 Å². The molecule has 1 aromatic heterocycles. The van der Waals surface area contributed by atoms with Crippen LogP contribution in [0, 0.1) is 11.3 Å². The summed E-state index contributed by atoms with van der Waals surface area (Å²) in [6, 6.07) is 1.79. The largest absolute Gasteiger partial charge is 0.378 e. The third-order valence-corrected chi connectivity index (χ3v) is 4.51. The molecular formula is C16H23NO3S. The number of ketones is 1. The summed E-state index contributed by atoms with van der Waals surface area (Å²) in [5.74, 6) is 0.0170. The van der Waals surface area contributed by atoms with E-state index in [1.54, 1.807) is 6.07 Å². The topological polar surface area (TPSA) is 55.4 Å². The number of hydrogen-bond acceptors (Lipinski definition) is 4. The second-order valence-electron chi connectivity index (χ2n) is 6.63. The van der Waals surface area contributed by atoms with E-state index >= 15 is 0 Å². The van der Waals surface area contributed by atoms with Gasteiger partial charge in [0.1, 0.15) is 5.00 Å². The number of amides is 1. The highest BCUT2D eigenvalue weighted by atomic mass is 32.1. The van der Waals surface area contributed by atoms with E-state index in [2.05, 4.69) is 5.32 Å². The lowest BCUT2D eigenvalue weighted by Gasteiger charge is -2.26. The van der Waals surface area contributed by atoms with Crippen molar-refractivity contribution in [2.45, 2.75) is 46.6 Å². The van der Waals surface area contributed by atoms with Gasteiger partial charge < -0.3 is 10.1 Å². The number of carbonyl (C=O) groups excluding carboxylic acids is 2. The minimum Gasteiger partial charge on any atom is -0.378 e. The fraction of sp³-hybridized carbons (Fsp3) is 0.625. The first-order valence-corrected chi connectivity index (χ1v) is 8.21. The maximum Gasteiger partial charge on any atom is 0.228 e. The molecule has 2 heterocycles. The Morgan fingerprint density at radius 3 is 2.71 bits per heavy atom. The molecule has 4 nitrogen and oxygen atoms in total. The van der Waals surface area contributed by atoms with Crippen molar-refractivity contribution >= 4 is 28.0 Å². The molecule has 5 heteroatoms. The minimum absolute atomic E-state index is 0.00411. The first-order valence-electron chi connectivity index (χ1n) is 7.34. The third-order valence-electron chi connectivity index (χ3n) is 3.68. The predicted octanol–water partition coefficient (Wildman–Crippen LogP) is 3.73. The zero-order valence-corrected chi connectivity index (χ0v) is 13.9. The number of ether oxygens (including phenoxy) is 1. The van der Waals surface area contributed by atoms with Gasteiger partial charge in [0.05, 0.1) is 11.7 Å². The van der Waals surface area contributed by atoms with Gasteiger partial charge in [-0.1, -0.05) is 20.8 Å². The lowest BCUT2D eigenvalue weighted by molar-refractivity contribution is -0.124. The maximum absolute atomic E-state index is 12.4. The van der Waals surface area contributed by atoms with E-state index in [1.165, 1.54) is 11.3 Å². The normalized spacial score (nSPS) is 22.9. The Hall–Kier alpha value is -1.20. The molecule has 0 aliphatic carbocycles. The molecule has 1 aliphatic heterocycles. The van der Waals surface area contributed by atoms with E-state index in [9.17, 15) is 9.59 Å². The first-order chi connectivity index (χ1) is 9.79. The summed E-state index contributed by atoms with van der Waals surface area (Å²) >= 11 is 1.40. The number of nitrogens with one attached hydrogen (secondary N) is 1. The van der Waals surface area contributed by atoms with Gasteiger partial charge in [-0.2, -0.15) is 0 Å². The second kappa shape index (κ2) is 6.28. The monoisotopic (exact) mass is 309 g/mol. The first kappa shape index (κ1) is 16.2. The highest BCUT2D eigenvalue weighted by molar-refractivity contribution is 7.14. The van der Waals surface area contributed by atoms with Crippen molar-refractivity contribution in [3.05, 3.63) is 17.0 Å². The summed E-state index contributed by atoms with van der Waals surface area (Å²) in [5.41, 5.74) is 0.161. The summed E-state index contributed by atoms with van der Waals surface area (Å²) < 4.78 is 5.47. The van der Waals surface area contributed by atoms with Crippen LogP contribution in [0.15, 0.2) is 11.4 Å². The van der Waals surface area contributed by atoms with Crippen LogP contribution in [0.25, 0.3) is 0 Å². The van der Waals surface area contributed by atoms with E-state index in [0.29, 0.717) is 17.2 Å². The zero-order chi connectivity index (χ0) is 15.6. The minimum atomic E-state index is -0.451. The van der Waals surface area contributed by atoms with Gasteiger partial charge in [-0.05, 0) is 31.2 Å². The quantitative estimate of drug-likeness (QED) is 0.866. The second-order valence-corrected chi connectivity index (χ2v) is 7.55. The summed E-state index contributed by atoms with van der Waals surface area (Å²) in [5, 5.41) is 5.45. The van der Waals surface area contributed by atoms with Crippen LogP contribution in [0.3, 0.4) is 0 Å². The van der Waals surface area contributed by atoms with Crippen LogP contribution in [0.5, 0.6) is 0 Å². The molecule has 0 unspecified atom stereocenters. The standard InChI is InChI=1S/C16H23NO3S/c1-10-9-11(5-7-20-10)14(19)17-15-12(6-8-21-15)13(18)16(2,3)4/h6,8,10-11H,5,7,9H2,1-4H3,(H,17,19)/t10-,11-/m1/s1. The van der Waals surface area contributed by atoms with E-state index < -0.39 is 5.41 Å². The van der Waals surface area contributed by atoms with Gasteiger partial charge in [0.2, 0.25) is 5.91 Å². The highest BCUT2D eigenvalue weighted by Gasteiger charge is 2.29. The lowest BCUT2D eigenvalue weighted by Crippen LogP contribution is -2.32. The lowest BCUT2D eigenvalue weighted by atomic mass is 9.87. The third kappa shape index (κ3) is 3.92. The van der Waals surface area contributed by atoms with Crippen molar-refractivity contribution in [2.75, 3.05) is 11.9 Å². The Balaban J connectivity index is 2.08. The molecule has 1 N–H and O–H groups in total. The Morgan fingerprint density at radius 1 is 1.38 bits per heavy atom. The number of Topliss-reactive ketones (excluding diaryl/α,β-unsaturated/α-hetero) is 1. The van der Waals surface area contributed by atoms with Gasteiger partial charge in [-0.25, -0.2) is 0 Å². The average Bonchev–Trinajstić information content (AvgIpc) is 2.84. The number of rotatable bonds is 3. The smallest absolute Gasteiger partial charge is 0.228 e. The van der Waals surface area contributed by atoms with E-state index in [-0.39, 0.29) is 23.7 Å². The molecule has 2 rings (SSSR count). The Bertz CT molecular complexity index is 530. The fourth-order valence-corrected chi connectivity index (χ4v) is 3.23. The Kier molecular flexibility index (Phi) is 4.84. The van der Waals surface area contributed by atoms with Crippen molar-refractivity contribution in [2.24, 2.45) is 11.3 Å². The van der Waals surface area contributed by atoms with Gasteiger partial charge in [0.15, 0.2) is 5.78 Å². The number of hydrogen-bond donors (Lipinski definition) is 1. The van der Waals surface area contributed by atoms with Crippen LogP contribution < -0.4 is 5.32 Å². The summed E-state index contributed by atoms with van der Waals surface area (Å²) in [6.07, 6.45) is 1.60. The zero-order valence-electron chi connectivity index (χ0n) is 13.1. The summed E-state index contributed by atoms with van der Waals surface area (Å²) in [6.45, 7) is 8.27. The number of anilines is 1. The van der Waals surface area contributed by atoms with E-state index in [1.807, 2.05) is 33.1 Å². The van der Waals surface area contributed by atoms with Crippen LogP contribution in [0.1, 0.15) is 50.9 Å². The molecule has 0 radical (unpaired) electrons. The van der Waals surface area contributed by atoms with Crippen LogP contribution in [0.2, 0.25) is 0 Å². The number of carbonyl (C=O) groups is 2. The maximum atomic E-state index is 12.4. The van der Waals surface area contributed by atoms with Crippen molar-refractivity contribution in [1.82, 2.24) is 0 Å². The van der Waals surface area contributed by atoms with Crippen LogP contribution in [-0.4, -0.2) is 24.4 Å². The molecule has 2 atom stereocenters. The summed E-state index contributed by atoms with van der Waals surface area (Å²) in [7, 11) is 0. The molecular weight excluding hydrogens is 286 g/mol. The van der Waals surface area contributed by atoms with Gasteiger partial charge in [0, 0.05) is 17.9 Å². The number of thiophene rings is 1. The predicted molar refractivity (Wildman–Crippen MR) is 84.9 cm³/mol. The van der Waals surface area contributed by atoms with Gasteiger partial charge in [0.25, 0.3) is 0 Å². The molecule has 21 heavy (non-hydrogen) atoms. The summed E-state index contributed by atoms with van der Waals surface area (Å²) in [4.78, 5) is 24.8. The fourth-order valence-electron chi connectivity index (χ4n) is 2.44. The molecule has 116 valence electrons. The SMILES string of the molecule is C[C@@H]1C[C@H](C(=O)Nc2sccc2C(=O)C(C)(C)C)CCO1. The molecule has 1 aromatic rings. The highest BCUT2D eigenvalue weighted by Crippen LogP contribution is 2.31. The Labute approximate surface area is 129 Å². The van der Waals surface area contributed by atoms with Crippen LogP contribution in [-0.2, 0) is 9.53 Å². The molecule has 1 saturated heterocycles. The van der Waals surface area contributed by atoms with Crippen LogP contribution >= 0.6 is 11.3 Å². The van der Waals surface area contributed by atoms with E-state index in [4.69, 9.17) is 4.74 Å². The van der Waals surface area contributed by atoms with Crippen molar-refractivity contribution in [3.8, 4) is 0 Å². The average molecular weight is 309 g/mol. The molecule has 1 fully saturated rings. The molecule has 0 spiro atoms. The van der Waals surface area contributed by atoms with Crippen molar-refractivity contribution in [1.29, 1.82) is 0 Å². The van der Waals surface area contributed by atoms with Crippen molar-refractivity contribution in [3.63, 3.8) is 0 Å². The molecule has 0 saturated carbocycles. The van der Waals surface area contributed by atoms with Gasteiger partial charge >= 0.3 is 0 Å². The van der Waals surface area contributed by atoms with Gasteiger partial charge in [-0.3, -0.25) is 9.59 Å². The molecule has 1 amide bonds. The molecule has 0 aromatic carbocycles. The van der Waals surface area contributed by atoms with Crippen LogP contribution in [0.4, 0.5) is 5.00 Å². The van der Waals surface area contributed by atoms with E-state index in [0.717, 1.165) is 12.8 Å². The van der Waals surface area contributed by atoms with Crippen molar-refractivity contribution < 1.29 is 14.3 Å².